The first-order chi connectivity index (χ1) is 42.6. The van der Waals surface area contributed by atoms with Gasteiger partial charge in [0.2, 0.25) is 12.1 Å². The van der Waals surface area contributed by atoms with E-state index in [0.717, 1.165) is 12.7 Å². The summed E-state index contributed by atoms with van der Waals surface area (Å²) in [5, 5.41) is 72.2. The lowest BCUT2D eigenvalue weighted by atomic mass is 9.49. The topological polar surface area (TPSA) is 336 Å². The number of rotatable bonds is 14. The minimum absolute atomic E-state index is 0.00267. The molecule has 6 N–H and O–H groups in total. The molecule has 5 saturated heterocycles. The molecule has 0 aromatic carbocycles. The standard InChI is InChI=1S/C65H91N2O23/c1-30-12-16-47(86-53-27-63(9,67(77)78)58(37(8)83-53)66-62(76)79-11)31(2)21-43-45(71)22-38(28-68)26-65(43)60(74)54(61(75)90-65)59(73)64(10)42(30)14-13-41-55(64)32(3)20-33(4)56(41)89-51-24-39(23-40(29-69)85-51)84-49-19-17-48(35(6)81-49)87-52-25-46(72)57(36(7)82-52)88-50-18-15-44(70)34(5)80-50/h12-14,21-23,28-29,32-37,39,41-53,55-58,70-73,77H,15-20,24-27H2,1-11H3,(H,66,76)/q-1/b30-12+,31-21+,59-54?/t32-,33+,34-,35+,36+,37-,39-,41-,42-,43+,44-,45-,46-,47-,48-,49+,50-,51+,52-,53-,55-,56+,57-,58+,63+,64+,65+/m0/s1. The van der Waals surface area contributed by atoms with Crippen LogP contribution in [0.15, 0.2) is 70.3 Å². The Labute approximate surface area is 524 Å². The van der Waals surface area contributed by atoms with Crippen LogP contribution in [0.2, 0.25) is 0 Å². The van der Waals surface area contributed by atoms with Crippen molar-refractivity contribution in [3.8, 4) is 0 Å². The number of methoxy groups -OCH3 is 1. The zero-order valence-corrected chi connectivity index (χ0v) is 53.1. The van der Waals surface area contributed by atoms with Crippen LogP contribution in [0.4, 0.5) is 4.79 Å². The van der Waals surface area contributed by atoms with Crippen LogP contribution in [-0.4, -0.2) is 190 Å². The summed E-state index contributed by atoms with van der Waals surface area (Å²) in [6, 6.07) is -1.06. The Hall–Kier alpha value is -4.81. The molecule has 10 aliphatic rings. The molecule has 6 heterocycles. The Balaban J connectivity index is 0.885. The van der Waals surface area contributed by atoms with Gasteiger partial charge in [0.25, 0.3) is 0 Å². The van der Waals surface area contributed by atoms with Gasteiger partial charge < -0.3 is 93.0 Å². The van der Waals surface area contributed by atoms with Gasteiger partial charge in [-0.15, -0.1) is 0 Å². The highest BCUT2D eigenvalue weighted by atomic mass is 16.8. The Morgan fingerprint density at radius 1 is 0.744 bits per heavy atom. The van der Waals surface area contributed by atoms with Crippen LogP contribution in [0.5, 0.6) is 0 Å². The summed E-state index contributed by atoms with van der Waals surface area (Å²) in [5.74, 6) is -5.90. The number of hydroxylamine groups is 2. The van der Waals surface area contributed by atoms with Crippen molar-refractivity contribution in [3.05, 3.63) is 75.5 Å². The first-order valence-corrected chi connectivity index (χ1v) is 31.8. The zero-order valence-electron chi connectivity index (χ0n) is 53.1. The van der Waals surface area contributed by atoms with Gasteiger partial charge in [-0.05, 0) is 115 Å². The number of amides is 1. The summed E-state index contributed by atoms with van der Waals surface area (Å²) < 4.78 is 74.7. The number of fused-ring (bicyclic) bond motifs is 4. The van der Waals surface area contributed by atoms with Crippen molar-refractivity contribution >= 4 is 30.4 Å². The molecule has 0 radical (unpaired) electrons. The maximum Gasteiger partial charge on any atom is 0.407 e. The molecule has 0 unspecified atom stereocenters. The van der Waals surface area contributed by atoms with Crippen LogP contribution >= 0.6 is 0 Å². The minimum atomic E-state index is -2.19. The normalized spacial score (nSPS) is 46.9. The van der Waals surface area contributed by atoms with Crippen molar-refractivity contribution in [1.82, 2.24) is 10.5 Å². The molecule has 1 saturated carbocycles. The van der Waals surface area contributed by atoms with Gasteiger partial charge in [-0.1, -0.05) is 50.6 Å². The van der Waals surface area contributed by atoms with Gasteiger partial charge in [0, 0.05) is 55.8 Å². The molecule has 500 valence electrons. The summed E-state index contributed by atoms with van der Waals surface area (Å²) >= 11 is 0. The van der Waals surface area contributed by atoms with E-state index in [2.05, 4.69) is 19.2 Å². The van der Waals surface area contributed by atoms with Gasteiger partial charge in [-0.25, -0.2) is 9.59 Å². The SMILES string of the molecule is COC(=O)N[C@@H]1[C@H](C)O[C@@H](O[C@H]2C/C=C(\C)[C@@H]3C=C[C@@H]4[C@H](O[C@@H]5C[C@@H](O[C@@H]6CC[C@H](O[C@H]7C[C@H](O)[C@@H](O[C@H]8CC[C@H](O)[C@H](C)O8)[C@@H](C)O7)[C@@H](C)O6)C=C(C=O)O5)[C@H](C)C[C@H](C)[C@@H]4[C@]3(C)C(O)=C3C(=O)O[C@@]4(CC(C=O)=C[C@H](O)[C@H]4/C=C/2C)C3=O)C[C@@]1(C)N([O-])O. The number of alkyl carbamates (subject to hydrolysis) is 1. The molecule has 25 nitrogen and oxygen atoms in total. The fourth-order valence-electron chi connectivity index (χ4n) is 16.3. The predicted octanol–water partition coefficient (Wildman–Crippen LogP) is 6.04. The average Bonchev–Trinajstić information content (AvgIpc) is 1.73. The first kappa shape index (κ1) is 68.1. The molecule has 6 aliphatic heterocycles. The molecule has 90 heavy (non-hydrogen) atoms. The molecule has 0 aromatic rings. The number of aldehydes is 2. The number of carbonyl (C=O) groups is 5. The highest BCUT2D eigenvalue weighted by molar-refractivity contribution is 6.26. The first-order valence-electron chi connectivity index (χ1n) is 31.8. The minimum Gasteiger partial charge on any atom is -0.762 e. The fraction of sp³-hybridized carbons (Fsp3) is 0.738. The summed E-state index contributed by atoms with van der Waals surface area (Å²) in [4.78, 5) is 67.8. The molecule has 2 bridgehead atoms. The number of ketones is 1. The molecule has 1 amide bonds. The van der Waals surface area contributed by atoms with Crippen LogP contribution in [-0.2, 0) is 76.0 Å². The number of aliphatic hydroxyl groups is 4. The van der Waals surface area contributed by atoms with E-state index in [9.17, 15) is 50.0 Å². The zero-order chi connectivity index (χ0) is 65.1. The van der Waals surface area contributed by atoms with Crippen molar-refractivity contribution in [2.45, 2.75) is 255 Å². The van der Waals surface area contributed by atoms with Crippen LogP contribution in [0.1, 0.15) is 133 Å². The van der Waals surface area contributed by atoms with E-state index in [1.807, 2.05) is 45.9 Å². The highest BCUT2D eigenvalue weighted by Crippen LogP contribution is 2.61. The van der Waals surface area contributed by atoms with Crippen molar-refractivity contribution in [1.29, 1.82) is 0 Å². The third-order valence-corrected chi connectivity index (χ3v) is 21.0. The second kappa shape index (κ2) is 27.3. The lowest BCUT2D eigenvalue weighted by Gasteiger charge is -2.56. The van der Waals surface area contributed by atoms with E-state index >= 15 is 4.79 Å². The van der Waals surface area contributed by atoms with Crippen molar-refractivity contribution < 1.29 is 106 Å². The van der Waals surface area contributed by atoms with Gasteiger partial charge in [0.1, 0.15) is 23.7 Å². The highest BCUT2D eigenvalue weighted by Gasteiger charge is 2.65. The maximum atomic E-state index is 15.5. The number of Topliss-reactive ketones (excluding diaryl/α,β-unsaturated/α-hetero) is 1. The van der Waals surface area contributed by atoms with Crippen LogP contribution in [0, 0.1) is 46.1 Å². The van der Waals surface area contributed by atoms with Gasteiger partial charge in [0.15, 0.2) is 42.8 Å². The van der Waals surface area contributed by atoms with E-state index < -0.39 is 187 Å². The Morgan fingerprint density at radius 3 is 2.11 bits per heavy atom. The van der Waals surface area contributed by atoms with E-state index in [-0.39, 0.29) is 54.1 Å². The summed E-state index contributed by atoms with van der Waals surface area (Å²) in [6.45, 7) is 18.0. The smallest absolute Gasteiger partial charge is 0.407 e. The number of hydrogen-bond donors (Lipinski definition) is 6. The van der Waals surface area contributed by atoms with E-state index in [1.54, 1.807) is 32.9 Å². The molecular weight excluding hydrogens is 1180 g/mol. The van der Waals surface area contributed by atoms with Crippen LogP contribution in [0.25, 0.3) is 0 Å². The molecule has 6 fully saturated rings. The number of hydrogen-bond acceptors (Lipinski definition) is 24. The number of aliphatic hydroxyl groups excluding tert-OH is 4. The third-order valence-electron chi connectivity index (χ3n) is 21.0. The number of ether oxygens (including phenoxy) is 12. The molecule has 27 atom stereocenters. The molecule has 4 aliphatic carbocycles. The van der Waals surface area contributed by atoms with E-state index in [1.165, 1.54) is 13.0 Å². The van der Waals surface area contributed by atoms with Crippen LogP contribution < -0.4 is 5.32 Å². The number of nitrogens with one attached hydrogen (secondary N) is 1. The lowest BCUT2D eigenvalue weighted by Crippen LogP contribution is -2.67. The summed E-state index contributed by atoms with van der Waals surface area (Å²) in [6.07, 6.45) is 0.112. The number of nitrogens with zero attached hydrogens (tertiary/aromatic N) is 1. The van der Waals surface area contributed by atoms with Crippen LogP contribution in [0.3, 0.4) is 0 Å². The van der Waals surface area contributed by atoms with E-state index in [4.69, 9.17) is 56.8 Å². The number of esters is 1. The number of carbonyl (C=O) groups excluding carboxylic acids is 5. The Morgan fingerprint density at radius 2 is 1.43 bits per heavy atom. The van der Waals surface area contributed by atoms with Gasteiger partial charge in [-0.3, -0.25) is 19.6 Å². The van der Waals surface area contributed by atoms with Crippen molar-refractivity contribution in [3.63, 3.8) is 0 Å². The predicted molar refractivity (Wildman–Crippen MR) is 314 cm³/mol. The van der Waals surface area contributed by atoms with Crippen molar-refractivity contribution in [2.24, 2.45) is 40.9 Å². The fourth-order valence-corrected chi connectivity index (χ4v) is 16.3. The van der Waals surface area contributed by atoms with Gasteiger partial charge in [0.05, 0.1) is 91.8 Å². The summed E-state index contributed by atoms with van der Waals surface area (Å²) in [5.41, 5.74) is -4.75. The largest absolute Gasteiger partial charge is 0.762 e. The maximum absolute atomic E-state index is 15.5. The monoisotopic (exact) mass is 1270 g/mol. The lowest BCUT2D eigenvalue weighted by molar-refractivity contribution is -0.321. The second-order valence-corrected chi connectivity index (χ2v) is 27.1. The molecular formula is C65H91N2O23-. The van der Waals surface area contributed by atoms with Gasteiger partial charge >= 0.3 is 12.1 Å². The Bertz CT molecular complexity index is 2860. The third kappa shape index (κ3) is 13.2. The molecule has 1 spiro atoms. The molecule has 0 aromatic heterocycles. The van der Waals surface area contributed by atoms with Crippen molar-refractivity contribution in [2.75, 3.05) is 7.11 Å². The average molecular weight is 1270 g/mol. The molecule has 10 rings (SSSR count). The van der Waals surface area contributed by atoms with Gasteiger partial charge in [-0.2, -0.15) is 0 Å². The molecule has 25 heteroatoms. The summed E-state index contributed by atoms with van der Waals surface area (Å²) in [7, 11) is 1.16. The quantitative estimate of drug-likeness (QED) is 0.0380. The number of allylic oxidation sites excluding steroid dienone is 4. The second-order valence-electron chi connectivity index (χ2n) is 27.1. The Kier molecular flexibility index (Phi) is 20.6. The van der Waals surface area contributed by atoms with E-state index in [0.29, 0.717) is 50.2 Å².